The van der Waals surface area contributed by atoms with Crippen molar-refractivity contribution in [2.24, 2.45) is 0 Å². The highest BCUT2D eigenvalue weighted by Gasteiger charge is 2.04. The van der Waals surface area contributed by atoms with Gasteiger partial charge in [0.05, 0.1) is 7.11 Å². The number of hydrogen-bond donors (Lipinski definition) is 2. The molecular weight excluding hydrogens is 336 g/mol. The van der Waals surface area contributed by atoms with Gasteiger partial charge in [0.2, 0.25) is 5.95 Å². The summed E-state index contributed by atoms with van der Waals surface area (Å²) in [5, 5.41) is 7.23. The molecule has 0 saturated carbocycles. The van der Waals surface area contributed by atoms with E-state index in [1.54, 1.807) is 13.3 Å². The number of halogens is 1. The zero-order chi connectivity index (χ0) is 17.5. The fraction of sp³-hybridized carbons (Fsp3) is 0.158. The van der Waals surface area contributed by atoms with Crippen LogP contribution in [-0.2, 0) is 13.1 Å². The second kappa shape index (κ2) is 8.35. The summed E-state index contributed by atoms with van der Waals surface area (Å²) >= 11 is 5.90. The Morgan fingerprint density at radius 3 is 2.56 bits per heavy atom. The van der Waals surface area contributed by atoms with Gasteiger partial charge in [-0.2, -0.15) is 4.98 Å². The van der Waals surface area contributed by atoms with E-state index in [0.717, 1.165) is 27.7 Å². The molecule has 0 saturated heterocycles. The summed E-state index contributed by atoms with van der Waals surface area (Å²) < 4.78 is 5.35. The highest BCUT2D eigenvalue weighted by atomic mass is 35.5. The first-order chi connectivity index (χ1) is 12.2. The molecule has 0 amide bonds. The van der Waals surface area contributed by atoms with Crippen LogP contribution in [0.4, 0.5) is 11.8 Å². The molecule has 0 unspecified atom stereocenters. The Labute approximate surface area is 152 Å². The lowest BCUT2D eigenvalue weighted by molar-refractivity contribution is 0.410. The lowest BCUT2D eigenvalue weighted by Gasteiger charge is -2.10. The van der Waals surface area contributed by atoms with E-state index in [0.29, 0.717) is 19.0 Å². The van der Waals surface area contributed by atoms with Crippen molar-refractivity contribution in [3.63, 3.8) is 0 Å². The third kappa shape index (κ3) is 4.84. The van der Waals surface area contributed by atoms with Gasteiger partial charge in [-0.1, -0.05) is 41.9 Å². The number of methoxy groups -OCH3 is 1. The summed E-state index contributed by atoms with van der Waals surface area (Å²) in [5.41, 5.74) is 2.18. The van der Waals surface area contributed by atoms with Crippen molar-refractivity contribution in [3.05, 3.63) is 76.9 Å². The largest absolute Gasteiger partial charge is 0.496 e. The van der Waals surface area contributed by atoms with E-state index in [2.05, 4.69) is 20.6 Å². The van der Waals surface area contributed by atoms with Gasteiger partial charge in [-0.25, -0.2) is 4.98 Å². The van der Waals surface area contributed by atoms with Crippen LogP contribution in [0.1, 0.15) is 11.1 Å². The van der Waals surface area contributed by atoms with Crippen molar-refractivity contribution in [1.29, 1.82) is 0 Å². The van der Waals surface area contributed by atoms with Gasteiger partial charge in [0.15, 0.2) is 0 Å². The molecule has 0 spiro atoms. The van der Waals surface area contributed by atoms with E-state index in [1.807, 2.05) is 54.6 Å². The molecule has 0 atom stereocenters. The van der Waals surface area contributed by atoms with Crippen molar-refractivity contribution < 1.29 is 4.74 Å². The van der Waals surface area contributed by atoms with Crippen molar-refractivity contribution in [2.75, 3.05) is 17.7 Å². The van der Waals surface area contributed by atoms with E-state index in [9.17, 15) is 0 Å². The van der Waals surface area contributed by atoms with Crippen LogP contribution in [0.3, 0.4) is 0 Å². The second-order valence-electron chi connectivity index (χ2n) is 5.41. The molecule has 0 aliphatic carbocycles. The highest BCUT2D eigenvalue weighted by Crippen LogP contribution is 2.18. The minimum atomic E-state index is 0.562. The smallest absolute Gasteiger partial charge is 0.224 e. The van der Waals surface area contributed by atoms with Gasteiger partial charge in [0.1, 0.15) is 11.6 Å². The maximum absolute atomic E-state index is 5.90. The maximum atomic E-state index is 5.90. The Bertz CT molecular complexity index is 824. The Balaban J connectivity index is 1.60. The van der Waals surface area contributed by atoms with Crippen molar-refractivity contribution in [1.82, 2.24) is 9.97 Å². The topological polar surface area (TPSA) is 59.1 Å². The van der Waals surface area contributed by atoms with E-state index >= 15 is 0 Å². The molecule has 3 rings (SSSR count). The molecule has 6 heteroatoms. The molecule has 5 nitrogen and oxygen atoms in total. The standard InChI is InChI=1S/C19H19ClN4O/c1-25-17-5-3-2-4-15(17)13-23-19-21-11-10-18(24-19)22-12-14-6-8-16(20)9-7-14/h2-11H,12-13H2,1H3,(H2,21,22,23,24). The Kier molecular flexibility index (Phi) is 5.69. The van der Waals surface area contributed by atoms with Gasteiger partial charge in [-0.05, 0) is 29.8 Å². The molecule has 2 aromatic carbocycles. The number of nitrogens with zero attached hydrogens (tertiary/aromatic N) is 2. The van der Waals surface area contributed by atoms with Gasteiger partial charge >= 0.3 is 0 Å². The lowest BCUT2D eigenvalue weighted by Crippen LogP contribution is -2.07. The minimum absolute atomic E-state index is 0.562. The summed E-state index contributed by atoms with van der Waals surface area (Å²) in [6, 6.07) is 17.4. The van der Waals surface area contributed by atoms with Crippen LogP contribution in [0.5, 0.6) is 5.75 Å². The minimum Gasteiger partial charge on any atom is -0.496 e. The monoisotopic (exact) mass is 354 g/mol. The number of ether oxygens (including phenoxy) is 1. The number of hydrogen-bond acceptors (Lipinski definition) is 5. The predicted molar refractivity (Wildman–Crippen MR) is 101 cm³/mol. The molecule has 0 aliphatic rings. The molecule has 0 radical (unpaired) electrons. The summed E-state index contributed by atoms with van der Waals surface area (Å²) in [6.45, 7) is 1.25. The first kappa shape index (κ1) is 17.0. The molecule has 25 heavy (non-hydrogen) atoms. The van der Waals surface area contributed by atoms with Gasteiger partial charge in [-0.3, -0.25) is 0 Å². The van der Waals surface area contributed by atoms with Crippen LogP contribution in [0.25, 0.3) is 0 Å². The fourth-order valence-electron chi connectivity index (χ4n) is 2.36. The molecule has 0 bridgehead atoms. The number of benzene rings is 2. The van der Waals surface area contributed by atoms with Crippen LogP contribution in [0, 0.1) is 0 Å². The Morgan fingerprint density at radius 1 is 0.960 bits per heavy atom. The summed E-state index contributed by atoms with van der Waals surface area (Å²) in [4.78, 5) is 8.73. The third-order valence-electron chi connectivity index (χ3n) is 3.67. The van der Waals surface area contributed by atoms with Gasteiger partial charge < -0.3 is 15.4 Å². The average molecular weight is 355 g/mol. The fourth-order valence-corrected chi connectivity index (χ4v) is 2.49. The summed E-state index contributed by atoms with van der Waals surface area (Å²) in [5.74, 6) is 2.16. The van der Waals surface area contributed by atoms with E-state index < -0.39 is 0 Å². The molecule has 0 fully saturated rings. The van der Waals surface area contributed by atoms with E-state index in [4.69, 9.17) is 16.3 Å². The zero-order valence-corrected chi connectivity index (χ0v) is 14.6. The number of anilines is 2. The van der Waals surface area contributed by atoms with Crippen LogP contribution < -0.4 is 15.4 Å². The van der Waals surface area contributed by atoms with Crippen LogP contribution in [0.15, 0.2) is 60.8 Å². The Hall–Kier alpha value is -2.79. The van der Waals surface area contributed by atoms with Crippen LogP contribution in [-0.4, -0.2) is 17.1 Å². The lowest BCUT2D eigenvalue weighted by atomic mass is 10.2. The summed E-state index contributed by atoms with van der Waals surface area (Å²) in [6.07, 6.45) is 1.72. The SMILES string of the molecule is COc1ccccc1CNc1nccc(NCc2ccc(Cl)cc2)n1. The first-order valence-electron chi connectivity index (χ1n) is 7.92. The number of rotatable bonds is 7. The average Bonchev–Trinajstić information content (AvgIpc) is 2.66. The molecule has 0 aliphatic heterocycles. The molecule has 128 valence electrons. The van der Waals surface area contributed by atoms with Gasteiger partial charge in [0.25, 0.3) is 0 Å². The Morgan fingerprint density at radius 2 is 1.76 bits per heavy atom. The van der Waals surface area contributed by atoms with Crippen molar-refractivity contribution in [3.8, 4) is 5.75 Å². The maximum Gasteiger partial charge on any atom is 0.224 e. The normalized spacial score (nSPS) is 10.3. The quantitative estimate of drug-likeness (QED) is 0.660. The molecular formula is C19H19ClN4O. The van der Waals surface area contributed by atoms with E-state index in [1.165, 1.54) is 0 Å². The number of nitrogens with one attached hydrogen (secondary N) is 2. The molecule has 3 aromatic rings. The second-order valence-corrected chi connectivity index (χ2v) is 5.85. The first-order valence-corrected chi connectivity index (χ1v) is 8.29. The number of para-hydroxylation sites is 1. The molecule has 2 N–H and O–H groups in total. The van der Waals surface area contributed by atoms with Crippen LogP contribution in [0.2, 0.25) is 5.02 Å². The summed E-state index contributed by atoms with van der Waals surface area (Å²) in [7, 11) is 1.66. The molecule has 1 heterocycles. The van der Waals surface area contributed by atoms with Crippen LogP contribution >= 0.6 is 11.6 Å². The zero-order valence-electron chi connectivity index (χ0n) is 13.9. The van der Waals surface area contributed by atoms with Gasteiger partial charge in [-0.15, -0.1) is 0 Å². The van der Waals surface area contributed by atoms with Crippen molar-refractivity contribution >= 4 is 23.4 Å². The van der Waals surface area contributed by atoms with Crippen molar-refractivity contribution in [2.45, 2.75) is 13.1 Å². The molecule has 1 aromatic heterocycles. The van der Waals surface area contributed by atoms with E-state index in [-0.39, 0.29) is 0 Å². The third-order valence-corrected chi connectivity index (χ3v) is 3.92. The van der Waals surface area contributed by atoms with Gasteiger partial charge in [0, 0.05) is 29.9 Å². The predicted octanol–water partition coefficient (Wildman–Crippen LogP) is 4.36. The highest BCUT2D eigenvalue weighted by molar-refractivity contribution is 6.30. The number of aromatic nitrogens is 2.